The van der Waals surface area contributed by atoms with Crippen LogP contribution in [-0.4, -0.2) is 26.5 Å². The van der Waals surface area contributed by atoms with Gasteiger partial charge in [-0.25, -0.2) is 9.97 Å². The zero-order valence-electron chi connectivity index (χ0n) is 36.1. The van der Waals surface area contributed by atoms with E-state index in [0.29, 0.717) is 12.5 Å². The molecule has 2 aliphatic heterocycles. The van der Waals surface area contributed by atoms with E-state index in [9.17, 15) is 0 Å². The highest BCUT2D eigenvalue weighted by molar-refractivity contribution is 6.04. The normalized spacial score (nSPS) is 12.3. The number of aromatic nitrogens is 4. The van der Waals surface area contributed by atoms with E-state index >= 15 is 0 Å². The van der Waals surface area contributed by atoms with Crippen molar-refractivity contribution in [1.82, 2.24) is 19.9 Å². The summed E-state index contributed by atoms with van der Waals surface area (Å²) in [5.41, 5.74) is 18.0. The summed E-state index contributed by atoms with van der Waals surface area (Å²) in [6, 6.07) is 57.6. The van der Waals surface area contributed by atoms with Crippen LogP contribution in [0.2, 0.25) is 0 Å². The third-order valence-corrected chi connectivity index (χ3v) is 12.4. The van der Waals surface area contributed by atoms with Crippen molar-refractivity contribution in [3.63, 3.8) is 0 Å². The molecule has 8 bridgehead atoms. The summed E-state index contributed by atoms with van der Waals surface area (Å²) in [6.45, 7) is 6.79. The highest BCUT2D eigenvalue weighted by Crippen LogP contribution is 2.44. The average molecular weight is 831 g/mol. The Labute approximate surface area is 375 Å². The number of hydrogen-bond acceptors (Lipinski definition) is 3. The van der Waals surface area contributed by atoms with Crippen LogP contribution in [-0.2, 0) is 0 Å². The zero-order valence-corrected chi connectivity index (χ0v) is 36.1. The first-order valence-electron chi connectivity index (χ1n) is 22.4. The molecule has 5 aromatic carbocycles. The van der Waals surface area contributed by atoms with Crippen LogP contribution < -0.4 is 4.74 Å². The van der Waals surface area contributed by atoms with Crippen molar-refractivity contribution in [2.45, 2.75) is 38.5 Å². The van der Waals surface area contributed by atoms with Crippen LogP contribution >= 0.6 is 0 Å². The summed E-state index contributed by atoms with van der Waals surface area (Å²) in [5.74, 6) is 1.30. The predicted molar refractivity (Wildman–Crippen MR) is 270 cm³/mol. The second kappa shape index (κ2) is 18.3. The Morgan fingerprint density at radius 2 is 1.05 bits per heavy atom. The number of rotatable bonds is 13. The van der Waals surface area contributed by atoms with Crippen molar-refractivity contribution in [3.05, 3.63) is 204 Å². The molecular weight excluding hydrogens is 781 g/mol. The molecule has 5 nitrogen and oxygen atoms in total. The third kappa shape index (κ3) is 8.16. The average Bonchev–Trinajstić information content (AvgIpc) is 4.19. The molecule has 0 spiro atoms. The fourth-order valence-corrected chi connectivity index (χ4v) is 9.19. The highest BCUT2D eigenvalue weighted by atomic mass is 16.5. The molecular formula is C59H50N4O. The Morgan fingerprint density at radius 3 is 1.61 bits per heavy atom. The third-order valence-electron chi connectivity index (χ3n) is 12.4. The molecule has 0 fully saturated rings. The van der Waals surface area contributed by atoms with Crippen molar-refractivity contribution in [1.29, 1.82) is 0 Å². The van der Waals surface area contributed by atoms with Gasteiger partial charge in [0.1, 0.15) is 0 Å². The van der Waals surface area contributed by atoms with Gasteiger partial charge in [-0.15, -0.1) is 0 Å². The van der Waals surface area contributed by atoms with Gasteiger partial charge in [0, 0.05) is 27.7 Å². The first-order valence-corrected chi connectivity index (χ1v) is 22.4. The molecule has 5 heterocycles. The molecule has 0 saturated carbocycles. The molecule has 5 heteroatoms. The summed E-state index contributed by atoms with van der Waals surface area (Å²) >= 11 is 0. The Balaban J connectivity index is 1.21. The van der Waals surface area contributed by atoms with Gasteiger partial charge in [-0.2, -0.15) is 0 Å². The van der Waals surface area contributed by atoms with Gasteiger partial charge in [-0.05, 0) is 107 Å². The number of nitrogens with zero attached hydrogens (tertiary/aromatic N) is 2. The maximum Gasteiger partial charge on any atom is 0.152 e. The molecule has 0 saturated heterocycles. The van der Waals surface area contributed by atoms with Crippen molar-refractivity contribution in [2.24, 2.45) is 0 Å². The molecule has 0 radical (unpaired) electrons. The van der Waals surface area contributed by atoms with Crippen molar-refractivity contribution < 1.29 is 4.74 Å². The summed E-state index contributed by atoms with van der Waals surface area (Å²) in [4.78, 5) is 18.6. The Hall–Kier alpha value is -7.76. The molecule has 312 valence electrons. The summed E-state index contributed by atoms with van der Waals surface area (Å²) in [5, 5.41) is 0. The van der Waals surface area contributed by atoms with Crippen molar-refractivity contribution in [3.8, 4) is 50.3 Å². The lowest BCUT2D eigenvalue weighted by Gasteiger charge is -2.16. The van der Waals surface area contributed by atoms with Gasteiger partial charge in [0.2, 0.25) is 0 Å². The Morgan fingerprint density at radius 1 is 0.531 bits per heavy atom. The van der Waals surface area contributed by atoms with Crippen LogP contribution in [0.25, 0.3) is 97.0 Å². The number of aromatic amines is 2. The molecule has 10 rings (SSSR count). The van der Waals surface area contributed by atoms with E-state index in [1.165, 1.54) is 5.56 Å². The van der Waals surface area contributed by atoms with Gasteiger partial charge in [0.25, 0.3) is 0 Å². The molecule has 0 amide bonds. The number of nitrogens with one attached hydrogen (secondary N) is 2. The zero-order chi connectivity index (χ0) is 43.2. The number of ether oxygens (including phenoxy) is 1. The van der Waals surface area contributed by atoms with Crippen LogP contribution in [0, 0.1) is 0 Å². The molecule has 1 atom stereocenters. The monoisotopic (exact) mass is 830 g/mol. The second-order valence-corrected chi connectivity index (χ2v) is 16.4. The van der Waals surface area contributed by atoms with Crippen LogP contribution in [0.15, 0.2) is 170 Å². The van der Waals surface area contributed by atoms with Crippen molar-refractivity contribution in [2.75, 3.05) is 6.61 Å². The largest absolute Gasteiger partial charge is 0.491 e. The van der Waals surface area contributed by atoms with E-state index < -0.39 is 0 Å². The first kappa shape index (κ1) is 40.3. The Kier molecular flexibility index (Phi) is 11.5. The number of fused-ring (bicyclic) bond motifs is 8. The van der Waals surface area contributed by atoms with Crippen LogP contribution in [0.1, 0.15) is 72.4 Å². The van der Waals surface area contributed by atoms with E-state index in [1.54, 1.807) is 0 Å². The molecule has 0 aliphatic carbocycles. The smallest absolute Gasteiger partial charge is 0.152 e. The summed E-state index contributed by atoms with van der Waals surface area (Å²) < 4.78 is 7.07. The lowest BCUT2D eigenvalue weighted by Crippen LogP contribution is -2.02. The minimum atomic E-state index is 0.495. The predicted octanol–water partition coefficient (Wildman–Crippen LogP) is 15.7. The Bertz CT molecular complexity index is 3160. The second-order valence-electron chi connectivity index (χ2n) is 16.4. The minimum absolute atomic E-state index is 0.495. The van der Waals surface area contributed by atoms with E-state index in [4.69, 9.17) is 14.7 Å². The summed E-state index contributed by atoms with van der Waals surface area (Å²) in [6.07, 6.45) is 14.6. The van der Waals surface area contributed by atoms with Crippen LogP contribution in [0.3, 0.4) is 0 Å². The van der Waals surface area contributed by atoms with Gasteiger partial charge in [0.05, 0.1) is 46.0 Å². The van der Waals surface area contributed by atoms with E-state index in [0.717, 1.165) is 126 Å². The van der Waals surface area contributed by atoms with Gasteiger partial charge < -0.3 is 14.7 Å². The topological polar surface area (TPSA) is 66.6 Å². The molecule has 64 heavy (non-hydrogen) atoms. The standard InChI is InChI=1S/C59H50N4O/c1-3-40-28-30-42(31-29-40)41(4-2)19-17-18-38-64-59-53-39-47-32-33-48(60-47)54(43-20-9-5-10-21-43)49-34-35-50(61-49)55(44-22-11-6-12-23-44)51-36-37-52(62-51)56(45-24-13-7-14-25-45)58(63-53)57(59)46-26-15-8-16-27-46/h3,5-16,20-37,39,41,61,63H,1,4,17-19,38H2,2H3. The molecule has 1 unspecified atom stereocenters. The summed E-state index contributed by atoms with van der Waals surface area (Å²) in [7, 11) is 0. The fourth-order valence-electron chi connectivity index (χ4n) is 9.19. The maximum absolute atomic E-state index is 7.07. The number of hydrogen-bond donors (Lipinski definition) is 2. The maximum atomic E-state index is 7.07. The van der Waals surface area contributed by atoms with Gasteiger partial charge in [0.15, 0.2) is 5.75 Å². The molecule has 2 aliphatic rings. The van der Waals surface area contributed by atoms with Crippen LogP contribution in [0.5, 0.6) is 5.75 Å². The van der Waals surface area contributed by atoms with E-state index in [2.05, 4.69) is 212 Å². The fraction of sp³-hybridized carbons (Fsp3) is 0.119. The molecule has 2 N–H and O–H groups in total. The number of benzene rings is 5. The van der Waals surface area contributed by atoms with E-state index in [1.807, 2.05) is 6.08 Å². The first-order chi connectivity index (χ1) is 31.6. The van der Waals surface area contributed by atoms with Gasteiger partial charge >= 0.3 is 0 Å². The van der Waals surface area contributed by atoms with E-state index in [-0.39, 0.29) is 0 Å². The molecule has 3 aromatic heterocycles. The van der Waals surface area contributed by atoms with Gasteiger partial charge in [-0.3, -0.25) is 0 Å². The minimum Gasteiger partial charge on any atom is -0.491 e. The van der Waals surface area contributed by atoms with Crippen molar-refractivity contribution >= 4 is 52.4 Å². The van der Waals surface area contributed by atoms with Gasteiger partial charge in [-0.1, -0.05) is 165 Å². The quantitative estimate of drug-likeness (QED) is 0.114. The lowest BCUT2D eigenvalue weighted by atomic mass is 9.91. The highest BCUT2D eigenvalue weighted by Gasteiger charge is 2.23. The number of unbranched alkanes of at least 4 members (excludes halogenated alkanes) is 1. The van der Waals surface area contributed by atoms with Crippen LogP contribution in [0.4, 0.5) is 0 Å². The lowest BCUT2D eigenvalue weighted by molar-refractivity contribution is 0.307. The SMILES string of the molecule is C=Cc1ccc(C(CC)CCCCOc2c(-c3ccccc3)c3[nH]c2cc2nc(c(-c4ccccc4)c4ccc([nH]4)c(-c4ccccc4)c4nc(c3-c3ccccc3)C=C4)C=C2)cc1. The molecule has 8 aromatic rings. The number of H-pyrrole nitrogens is 2.